The fraction of sp³-hybridized carbons (Fsp3) is 0.364. The summed E-state index contributed by atoms with van der Waals surface area (Å²) in [6.07, 6.45) is 4.45. The predicted octanol–water partition coefficient (Wildman–Crippen LogP) is 4.95. The van der Waals surface area contributed by atoms with Gasteiger partial charge in [-0.3, -0.25) is 0 Å². The Labute approximate surface area is 149 Å². The second kappa shape index (κ2) is 8.43. The largest absolute Gasteiger partial charge is 0.396 e. The summed E-state index contributed by atoms with van der Waals surface area (Å²) in [5.41, 5.74) is 2.22. The van der Waals surface area contributed by atoms with Crippen LogP contribution in [0.3, 0.4) is 0 Å². The maximum Gasteiger partial charge on any atom is 0.170 e. The van der Waals surface area contributed by atoms with Crippen molar-refractivity contribution in [1.29, 1.82) is 0 Å². The Morgan fingerprint density at radius 1 is 0.880 bits per heavy atom. The van der Waals surface area contributed by atoms with E-state index >= 15 is 0 Å². The monoisotopic (exact) mass is 338 g/mol. The van der Waals surface area contributed by atoms with Gasteiger partial charge in [0.25, 0.3) is 0 Å². The molecular formula is C22H26O3. The standard InChI is InChI=1S/C22H26O3/c1-2-3-15-22(16-10-17-23)24-20(18-11-6-4-7-12-18)21(25-22)19-13-8-5-9-14-19/h2,4-9,11-14,20-21,23H,1,3,10,15-17H2/t20-,21-/m1/s1. The van der Waals surface area contributed by atoms with E-state index in [1.54, 1.807) is 0 Å². The third-order valence-electron chi connectivity index (χ3n) is 4.66. The summed E-state index contributed by atoms with van der Waals surface area (Å²) in [6.45, 7) is 3.96. The highest BCUT2D eigenvalue weighted by atomic mass is 16.8. The van der Waals surface area contributed by atoms with Gasteiger partial charge in [-0.1, -0.05) is 66.7 Å². The van der Waals surface area contributed by atoms with Crippen LogP contribution in [0.25, 0.3) is 0 Å². The zero-order valence-electron chi connectivity index (χ0n) is 14.5. The van der Waals surface area contributed by atoms with Crippen molar-refractivity contribution in [3.05, 3.63) is 84.4 Å². The molecule has 1 saturated heterocycles. The van der Waals surface area contributed by atoms with Crippen LogP contribution >= 0.6 is 0 Å². The van der Waals surface area contributed by atoms with E-state index < -0.39 is 5.79 Å². The van der Waals surface area contributed by atoms with Crippen molar-refractivity contribution in [2.75, 3.05) is 6.61 Å². The smallest absolute Gasteiger partial charge is 0.170 e. The fourth-order valence-corrected chi connectivity index (χ4v) is 3.42. The molecule has 2 aromatic rings. The van der Waals surface area contributed by atoms with Gasteiger partial charge in [0.05, 0.1) is 0 Å². The Bertz CT molecular complexity index is 606. The van der Waals surface area contributed by atoms with Crippen molar-refractivity contribution < 1.29 is 14.6 Å². The first kappa shape index (κ1) is 17.9. The molecule has 25 heavy (non-hydrogen) atoms. The lowest BCUT2D eigenvalue weighted by Gasteiger charge is -2.28. The first-order valence-corrected chi connectivity index (χ1v) is 8.95. The number of rotatable bonds is 8. The highest BCUT2D eigenvalue weighted by Gasteiger charge is 2.47. The van der Waals surface area contributed by atoms with Gasteiger partial charge in [0.15, 0.2) is 5.79 Å². The summed E-state index contributed by atoms with van der Waals surface area (Å²) in [5.74, 6) is -0.683. The van der Waals surface area contributed by atoms with Crippen molar-refractivity contribution >= 4 is 0 Å². The van der Waals surface area contributed by atoms with E-state index in [9.17, 15) is 5.11 Å². The lowest BCUT2D eigenvalue weighted by atomic mass is 9.99. The van der Waals surface area contributed by atoms with Crippen molar-refractivity contribution in [2.24, 2.45) is 0 Å². The number of allylic oxidation sites excluding steroid dienone is 1. The van der Waals surface area contributed by atoms with E-state index in [2.05, 4.69) is 30.8 Å². The molecule has 1 fully saturated rings. The quantitative estimate of drug-likeness (QED) is 0.692. The van der Waals surface area contributed by atoms with E-state index in [1.165, 1.54) is 0 Å². The molecule has 1 aliphatic heterocycles. The lowest BCUT2D eigenvalue weighted by Crippen LogP contribution is -2.30. The van der Waals surface area contributed by atoms with E-state index in [1.807, 2.05) is 42.5 Å². The Kier molecular flexibility index (Phi) is 6.03. The number of aliphatic hydroxyl groups excluding tert-OH is 1. The molecule has 2 atom stereocenters. The summed E-state index contributed by atoms with van der Waals surface area (Å²) in [6, 6.07) is 20.5. The van der Waals surface area contributed by atoms with Crippen LogP contribution in [0.2, 0.25) is 0 Å². The molecule has 0 spiro atoms. The highest BCUT2D eigenvalue weighted by Crippen LogP contribution is 2.50. The summed E-state index contributed by atoms with van der Waals surface area (Å²) in [7, 11) is 0. The van der Waals surface area contributed by atoms with Crippen LogP contribution in [0, 0.1) is 0 Å². The maximum atomic E-state index is 9.30. The van der Waals surface area contributed by atoms with Crippen LogP contribution in [-0.2, 0) is 9.47 Å². The molecule has 132 valence electrons. The highest BCUT2D eigenvalue weighted by molar-refractivity contribution is 5.26. The van der Waals surface area contributed by atoms with Gasteiger partial charge in [-0.05, 0) is 24.0 Å². The van der Waals surface area contributed by atoms with Gasteiger partial charge in [0.1, 0.15) is 12.2 Å². The van der Waals surface area contributed by atoms with E-state index in [-0.39, 0.29) is 18.8 Å². The number of hydrogen-bond acceptors (Lipinski definition) is 3. The van der Waals surface area contributed by atoms with Crippen LogP contribution in [0.4, 0.5) is 0 Å². The SMILES string of the molecule is C=CCCC1(CCCO)O[C@H](c2ccccc2)[C@@H](c2ccccc2)O1. The molecule has 1 heterocycles. The summed E-state index contributed by atoms with van der Waals surface area (Å²) < 4.78 is 13.1. The van der Waals surface area contributed by atoms with Crippen LogP contribution in [-0.4, -0.2) is 17.5 Å². The fourth-order valence-electron chi connectivity index (χ4n) is 3.42. The average molecular weight is 338 g/mol. The normalized spacial score (nSPS) is 22.0. The van der Waals surface area contributed by atoms with Gasteiger partial charge in [-0.25, -0.2) is 0 Å². The van der Waals surface area contributed by atoms with Crippen molar-refractivity contribution in [1.82, 2.24) is 0 Å². The molecule has 0 bridgehead atoms. The van der Waals surface area contributed by atoms with E-state index in [4.69, 9.17) is 9.47 Å². The third kappa shape index (κ3) is 4.18. The van der Waals surface area contributed by atoms with Crippen LogP contribution in [0.15, 0.2) is 73.3 Å². The minimum Gasteiger partial charge on any atom is -0.396 e. The zero-order valence-corrected chi connectivity index (χ0v) is 14.5. The number of benzene rings is 2. The number of ether oxygens (including phenoxy) is 2. The molecule has 0 unspecified atom stereocenters. The lowest BCUT2D eigenvalue weighted by molar-refractivity contribution is -0.187. The van der Waals surface area contributed by atoms with Gasteiger partial charge < -0.3 is 14.6 Å². The number of aliphatic hydroxyl groups is 1. The Hall–Kier alpha value is -1.94. The molecule has 3 heteroatoms. The topological polar surface area (TPSA) is 38.7 Å². The van der Waals surface area contributed by atoms with Crippen LogP contribution < -0.4 is 0 Å². The zero-order chi connectivity index (χ0) is 17.5. The van der Waals surface area contributed by atoms with Crippen LogP contribution in [0.1, 0.15) is 49.0 Å². The Morgan fingerprint density at radius 2 is 1.40 bits per heavy atom. The molecule has 0 saturated carbocycles. The molecule has 1 N–H and O–H groups in total. The van der Waals surface area contributed by atoms with Gasteiger partial charge in [0.2, 0.25) is 0 Å². The van der Waals surface area contributed by atoms with Gasteiger partial charge in [-0.15, -0.1) is 6.58 Å². The molecule has 2 aromatic carbocycles. The minimum absolute atomic E-state index is 0.133. The average Bonchev–Trinajstić information content (AvgIpc) is 3.06. The van der Waals surface area contributed by atoms with E-state index in [0.717, 1.165) is 24.0 Å². The Morgan fingerprint density at radius 3 is 1.84 bits per heavy atom. The molecule has 0 radical (unpaired) electrons. The van der Waals surface area contributed by atoms with E-state index in [0.29, 0.717) is 12.8 Å². The van der Waals surface area contributed by atoms with Gasteiger partial charge in [0, 0.05) is 19.4 Å². The predicted molar refractivity (Wildman–Crippen MR) is 99.0 cm³/mol. The Balaban J connectivity index is 1.94. The first-order chi connectivity index (χ1) is 12.3. The molecule has 0 aliphatic carbocycles. The third-order valence-corrected chi connectivity index (χ3v) is 4.66. The van der Waals surface area contributed by atoms with Crippen LogP contribution in [0.5, 0.6) is 0 Å². The van der Waals surface area contributed by atoms with Gasteiger partial charge in [-0.2, -0.15) is 0 Å². The second-order valence-corrected chi connectivity index (χ2v) is 6.46. The van der Waals surface area contributed by atoms with Crippen molar-refractivity contribution in [3.8, 4) is 0 Å². The second-order valence-electron chi connectivity index (χ2n) is 6.46. The van der Waals surface area contributed by atoms with Crippen molar-refractivity contribution in [3.63, 3.8) is 0 Å². The van der Waals surface area contributed by atoms with Crippen molar-refractivity contribution in [2.45, 2.75) is 43.7 Å². The number of hydrogen-bond donors (Lipinski definition) is 1. The summed E-state index contributed by atoms with van der Waals surface area (Å²) in [4.78, 5) is 0. The molecule has 3 nitrogen and oxygen atoms in total. The molecule has 3 rings (SSSR count). The first-order valence-electron chi connectivity index (χ1n) is 8.95. The molecule has 0 aromatic heterocycles. The minimum atomic E-state index is -0.683. The van der Waals surface area contributed by atoms with Gasteiger partial charge >= 0.3 is 0 Å². The molecule has 0 amide bonds. The molecular weight excluding hydrogens is 312 g/mol. The maximum absolute atomic E-state index is 9.30. The summed E-state index contributed by atoms with van der Waals surface area (Å²) in [5, 5.41) is 9.30. The molecule has 1 aliphatic rings. The summed E-state index contributed by atoms with van der Waals surface area (Å²) >= 11 is 0.